The van der Waals surface area contributed by atoms with Gasteiger partial charge in [-0.1, -0.05) is 23.8 Å². The molecule has 5 nitrogen and oxygen atoms in total. The Bertz CT molecular complexity index is 572. The summed E-state index contributed by atoms with van der Waals surface area (Å²) in [4.78, 5) is 27.3. The van der Waals surface area contributed by atoms with Crippen molar-refractivity contribution in [1.29, 1.82) is 0 Å². The second-order valence-corrected chi connectivity index (χ2v) is 5.17. The summed E-state index contributed by atoms with van der Waals surface area (Å²) in [6.07, 6.45) is 5.92. The van der Waals surface area contributed by atoms with E-state index in [2.05, 4.69) is 10.3 Å². The van der Waals surface area contributed by atoms with E-state index in [-0.39, 0.29) is 5.91 Å². The molecule has 1 amide bonds. The summed E-state index contributed by atoms with van der Waals surface area (Å²) in [5, 5.41) is 12.2. The zero-order valence-electron chi connectivity index (χ0n) is 11.0. The molecule has 1 aliphatic carbocycles. The molecule has 106 valence electrons. The number of aryl methyl sites for hydroxylation is 1. The van der Waals surface area contributed by atoms with Crippen LogP contribution in [0, 0.1) is 18.8 Å². The summed E-state index contributed by atoms with van der Waals surface area (Å²) in [7, 11) is 0. The van der Waals surface area contributed by atoms with Gasteiger partial charge in [0.15, 0.2) is 0 Å². The van der Waals surface area contributed by atoms with Crippen LogP contribution in [0.1, 0.15) is 18.4 Å². The highest BCUT2D eigenvalue weighted by Gasteiger charge is 2.33. The maximum Gasteiger partial charge on any atom is 0.307 e. The van der Waals surface area contributed by atoms with Crippen LogP contribution in [0.5, 0.6) is 0 Å². The van der Waals surface area contributed by atoms with Gasteiger partial charge in [-0.05, 0) is 31.4 Å². The highest BCUT2D eigenvalue weighted by Crippen LogP contribution is 2.27. The molecule has 1 heterocycles. The molecule has 0 saturated heterocycles. The number of rotatable bonds is 3. The Morgan fingerprint density at radius 2 is 2.00 bits per heavy atom. The number of nitrogens with zero attached hydrogens (tertiary/aromatic N) is 1. The SMILES string of the molecule is Cc1cc(NC(=O)[C@@H]2CC=CC[C@@H]2C(=O)O)cnc1Cl. The zero-order chi connectivity index (χ0) is 14.7. The number of halogens is 1. The number of carboxylic acids is 1. The lowest BCUT2D eigenvalue weighted by molar-refractivity contribution is -0.146. The third kappa shape index (κ3) is 3.17. The monoisotopic (exact) mass is 294 g/mol. The average molecular weight is 295 g/mol. The van der Waals surface area contributed by atoms with E-state index >= 15 is 0 Å². The van der Waals surface area contributed by atoms with Gasteiger partial charge in [0.1, 0.15) is 5.15 Å². The predicted molar refractivity (Wildman–Crippen MR) is 75.6 cm³/mol. The van der Waals surface area contributed by atoms with Gasteiger partial charge in [0, 0.05) is 0 Å². The summed E-state index contributed by atoms with van der Waals surface area (Å²) in [5.74, 6) is -2.49. The van der Waals surface area contributed by atoms with Crippen LogP contribution >= 0.6 is 11.6 Å². The minimum Gasteiger partial charge on any atom is -0.481 e. The van der Waals surface area contributed by atoms with Gasteiger partial charge in [-0.25, -0.2) is 4.98 Å². The van der Waals surface area contributed by atoms with Gasteiger partial charge in [0.25, 0.3) is 0 Å². The van der Waals surface area contributed by atoms with Crippen molar-refractivity contribution in [2.24, 2.45) is 11.8 Å². The van der Waals surface area contributed by atoms with Gasteiger partial charge < -0.3 is 10.4 Å². The van der Waals surface area contributed by atoms with Crippen molar-refractivity contribution < 1.29 is 14.7 Å². The molecule has 1 aromatic heterocycles. The summed E-state index contributed by atoms with van der Waals surface area (Å²) in [6.45, 7) is 1.79. The number of hydrogen-bond donors (Lipinski definition) is 2. The average Bonchev–Trinajstić information content (AvgIpc) is 2.43. The van der Waals surface area contributed by atoms with Crippen LogP contribution in [0.4, 0.5) is 5.69 Å². The van der Waals surface area contributed by atoms with E-state index in [4.69, 9.17) is 16.7 Å². The molecule has 0 saturated carbocycles. The highest BCUT2D eigenvalue weighted by atomic mass is 35.5. The smallest absolute Gasteiger partial charge is 0.307 e. The Hall–Kier alpha value is -1.88. The summed E-state index contributed by atoms with van der Waals surface area (Å²) < 4.78 is 0. The molecule has 6 heteroatoms. The van der Waals surface area contributed by atoms with Gasteiger partial charge in [-0.15, -0.1) is 0 Å². The maximum absolute atomic E-state index is 12.2. The van der Waals surface area contributed by atoms with Crippen LogP contribution in [-0.2, 0) is 9.59 Å². The van der Waals surface area contributed by atoms with Crippen molar-refractivity contribution in [2.45, 2.75) is 19.8 Å². The van der Waals surface area contributed by atoms with Gasteiger partial charge in [-0.2, -0.15) is 0 Å². The molecule has 0 spiro atoms. The minimum absolute atomic E-state index is 0.301. The normalized spacial score (nSPS) is 21.5. The lowest BCUT2D eigenvalue weighted by Gasteiger charge is -2.24. The lowest BCUT2D eigenvalue weighted by atomic mass is 9.82. The topological polar surface area (TPSA) is 79.3 Å². The Labute approximate surface area is 121 Å². The molecule has 20 heavy (non-hydrogen) atoms. The van der Waals surface area contributed by atoms with E-state index < -0.39 is 17.8 Å². The summed E-state index contributed by atoms with van der Waals surface area (Å²) in [5.41, 5.74) is 1.28. The van der Waals surface area contributed by atoms with Crippen LogP contribution < -0.4 is 5.32 Å². The third-order valence-corrected chi connectivity index (χ3v) is 3.76. The Morgan fingerprint density at radius 3 is 2.60 bits per heavy atom. The van der Waals surface area contributed by atoms with E-state index in [1.54, 1.807) is 19.1 Å². The number of pyridine rings is 1. The van der Waals surface area contributed by atoms with Crippen molar-refractivity contribution in [3.05, 3.63) is 35.1 Å². The van der Waals surface area contributed by atoms with E-state index in [0.717, 1.165) is 5.56 Å². The second kappa shape index (κ2) is 6.05. The van der Waals surface area contributed by atoms with Crippen LogP contribution in [0.25, 0.3) is 0 Å². The van der Waals surface area contributed by atoms with E-state index in [0.29, 0.717) is 23.7 Å². The number of nitrogens with one attached hydrogen (secondary N) is 1. The largest absolute Gasteiger partial charge is 0.481 e. The van der Waals surface area contributed by atoms with Crippen molar-refractivity contribution in [3.63, 3.8) is 0 Å². The van der Waals surface area contributed by atoms with Crippen molar-refractivity contribution >= 4 is 29.2 Å². The number of aromatic nitrogens is 1. The number of hydrogen-bond acceptors (Lipinski definition) is 3. The molecular formula is C14H15ClN2O3. The molecule has 0 aliphatic heterocycles. The lowest BCUT2D eigenvalue weighted by Crippen LogP contribution is -2.34. The van der Waals surface area contributed by atoms with Crippen LogP contribution in [-0.4, -0.2) is 22.0 Å². The maximum atomic E-state index is 12.2. The quantitative estimate of drug-likeness (QED) is 0.663. The van der Waals surface area contributed by atoms with Gasteiger partial charge in [-0.3, -0.25) is 9.59 Å². The molecule has 0 fully saturated rings. The standard InChI is InChI=1S/C14H15ClN2O3/c1-8-6-9(7-16-12(8)15)17-13(18)10-4-2-3-5-11(10)14(19)20/h2-3,6-7,10-11H,4-5H2,1H3,(H,17,18)(H,19,20)/t10-,11+/m1/s1. The Kier molecular flexibility index (Phi) is 4.39. The molecule has 2 rings (SSSR count). The first-order valence-corrected chi connectivity index (χ1v) is 6.67. The molecule has 2 N–H and O–H groups in total. The van der Waals surface area contributed by atoms with Crippen LogP contribution in [0.2, 0.25) is 5.15 Å². The fraction of sp³-hybridized carbons (Fsp3) is 0.357. The van der Waals surface area contributed by atoms with E-state index in [9.17, 15) is 9.59 Å². The molecule has 0 bridgehead atoms. The van der Waals surface area contributed by atoms with Crippen molar-refractivity contribution in [1.82, 2.24) is 4.98 Å². The van der Waals surface area contributed by atoms with Gasteiger partial charge in [0.05, 0.1) is 23.7 Å². The van der Waals surface area contributed by atoms with Gasteiger partial charge in [0.2, 0.25) is 5.91 Å². The fourth-order valence-corrected chi connectivity index (χ4v) is 2.34. The van der Waals surface area contributed by atoms with Crippen molar-refractivity contribution in [3.8, 4) is 0 Å². The Morgan fingerprint density at radius 1 is 1.35 bits per heavy atom. The predicted octanol–water partition coefficient (Wildman–Crippen LogP) is 2.65. The molecular weight excluding hydrogens is 280 g/mol. The molecule has 0 radical (unpaired) electrons. The molecule has 1 aliphatic rings. The zero-order valence-corrected chi connectivity index (χ0v) is 11.7. The first-order valence-electron chi connectivity index (χ1n) is 6.30. The summed E-state index contributed by atoms with van der Waals surface area (Å²) >= 11 is 5.82. The molecule has 0 aromatic carbocycles. The Balaban J connectivity index is 2.12. The molecule has 0 unspecified atom stereocenters. The van der Waals surface area contributed by atoms with Gasteiger partial charge >= 0.3 is 5.97 Å². The molecule has 1 aromatic rings. The summed E-state index contributed by atoms with van der Waals surface area (Å²) in [6, 6.07) is 1.71. The first-order chi connectivity index (χ1) is 9.49. The van der Waals surface area contributed by atoms with Crippen molar-refractivity contribution in [2.75, 3.05) is 5.32 Å². The van der Waals surface area contributed by atoms with Crippen LogP contribution in [0.3, 0.4) is 0 Å². The number of amides is 1. The van der Waals surface area contributed by atoms with Crippen LogP contribution in [0.15, 0.2) is 24.4 Å². The third-order valence-electron chi connectivity index (χ3n) is 3.37. The number of carbonyl (C=O) groups is 2. The second-order valence-electron chi connectivity index (χ2n) is 4.81. The first kappa shape index (κ1) is 14.5. The molecule has 2 atom stereocenters. The number of carboxylic acid groups (broad SMARTS) is 1. The fourth-order valence-electron chi connectivity index (χ4n) is 2.24. The van der Waals surface area contributed by atoms with E-state index in [1.165, 1.54) is 6.20 Å². The number of aliphatic carboxylic acids is 1. The number of anilines is 1. The highest BCUT2D eigenvalue weighted by molar-refractivity contribution is 6.30. The number of carbonyl (C=O) groups excluding carboxylic acids is 1. The van der Waals surface area contributed by atoms with E-state index in [1.807, 2.05) is 6.08 Å². The minimum atomic E-state index is -0.945. The number of allylic oxidation sites excluding steroid dienone is 2.